The second-order valence-electron chi connectivity index (χ2n) is 5.68. The van der Waals surface area contributed by atoms with Gasteiger partial charge in [0, 0.05) is 11.6 Å². The van der Waals surface area contributed by atoms with Gasteiger partial charge in [0.1, 0.15) is 0 Å². The molecule has 0 spiro atoms. The number of nitrogens with one attached hydrogen (secondary N) is 1. The zero-order valence-electron chi connectivity index (χ0n) is 13.9. The van der Waals surface area contributed by atoms with Crippen LogP contribution < -0.4 is 11.1 Å². The van der Waals surface area contributed by atoms with Crippen molar-refractivity contribution >= 4 is 23.6 Å². The lowest BCUT2D eigenvalue weighted by molar-refractivity contribution is -0.139. The lowest BCUT2D eigenvalue weighted by Crippen LogP contribution is -2.31. The first-order valence-electron chi connectivity index (χ1n) is 7.52. The van der Waals surface area contributed by atoms with Crippen LogP contribution in [-0.4, -0.2) is 24.2 Å². The first-order valence-corrected chi connectivity index (χ1v) is 8.50. The standard InChI is InChI=1S/C16H23N3O3S/c1-5-22-16(21)14-10(4)19-15(23-8-13(18)20)12(7-17)11(14)6-9(2)3/h9,11,19H,5-6,8H2,1-4H3,(H2,18,20). The fourth-order valence-electron chi connectivity index (χ4n) is 2.47. The number of primary amides is 1. The number of ether oxygens (including phenoxy) is 1. The fourth-order valence-corrected chi connectivity index (χ4v) is 3.32. The van der Waals surface area contributed by atoms with Crippen LogP contribution in [0.3, 0.4) is 0 Å². The van der Waals surface area contributed by atoms with E-state index in [9.17, 15) is 14.9 Å². The summed E-state index contributed by atoms with van der Waals surface area (Å²) in [7, 11) is 0. The molecule has 23 heavy (non-hydrogen) atoms. The molecular weight excluding hydrogens is 314 g/mol. The van der Waals surface area contributed by atoms with E-state index in [1.165, 1.54) is 11.8 Å². The van der Waals surface area contributed by atoms with Gasteiger partial charge in [0.15, 0.2) is 0 Å². The van der Waals surface area contributed by atoms with Gasteiger partial charge in [0.25, 0.3) is 0 Å². The highest BCUT2D eigenvalue weighted by Crippen LogP contribution is 2.37. The summed E-state index contributed by atoms with van der Waals surface area (Å²) in [5.41, 5.74) is 6.78. The Balaban J connectivity index is 3.24. The number of nitrogens with two attached hydrogens (primary N) is 1. The lowest BCUT2D eigenvalue weighted by atomic mass is 9.82. The molecule has 0 saturated heterocycles. The van der Waals surface area contributed by atoms with E-state index in [1.54, 1.807) is 13.8 Å². The number of esters is 1. The van der Waals surface area contributed by atoms with Gasteiger partial charge in [-0.1, -0.05) is 25.6 Å². The number of carbonyl (C=O) groups is 2. The number of allylic oxidation sites excluding steroid dienone is 2. The summed E-state index contributed by atoms with van der Waals surface area (Å²) >= 11 is 1.19. The quantitative estimate of drug-likeness (QED) is 0.689. The van der Waals surface area contributed by atoms with Crippen molar-refractivity contribution in [3.63, 3.8) is 0 Å². The molecule has 7 heteroatoms. The number of hydrogen-bond donors (Lipinski definition) is 2. The van der Waals surface area contributed by atoms with Gasteiger partial charge in [-0.2, -0.15) is 5.26 Å². The van der Waals surface area contributed by atoms with Crippen LogP contribution in [0.15, 0.2) is 21.9 Å². The first-order chi connectivity index (χ1) is 10.8. The van der Waals surface area contributed by atoms with Crippen LogP contribution in [0.2, 0.25) is 0 Å². The van der Waals surface area contributed by atoms with Crippen LogP contribution in [0.1, 0.15) is 34.1 Å². The molecule has 1 rings (SSSR count). The average Bonchev–Trinajstić information content (AvgIpc) is 2.44. The number of thioether (sulfide) groups is 1. The minimum absolute atomic E-state index is 0.0733. The predicted octanol–water partition coefficient (Wildman–Crippen LogP) is 2.04. The van der Waals surface area contributed by atoms with E-state index in [0.717, 1.165) is 0 Å². The monoisotopic (exact) mass is 337 g/mol. The summed E-state index contributed by atoms with van der Waals surface area (Å²) in [5.74, 6) is -0.837. The van der Waals surface area contributed by atoms with E-state index in [4.69, 9.17) is 10.5 Å². The zero-order chi connectivity index (χ0) is 17.6. The number of hydrogen-bond acceptors (Lipinski definition) is 6. The molecule has 1 heterocycles. The third kappa shape index (κ3) is 5.03. The summed E-state index contributed by atoms with van der Waals surface area (Å²) in [5, 5.41) is 13.2. The third-order valence-corrected chi connectivity index (χ3v) is 4.37. The Kier molecular flexibility index (Phi) is 7.17. The Morgan fingerprint density at radius 2 is 2.13 bits per heavy atom. The van der Waals surface area contributed by atoms with Crippen LogP contribution in [0, 0.1) is 23.2 Å². The molecule has 1 aliphatic heterocycles. The maximum atomic E-state index is 12.3. The van der Waals surface area contributed by atoms with Crippen LogP contribution in [0.25, 0.3) is 0 Å². The molecule has 3 N–H and O–H groups in total. The Morgan fingerprint density at radius 3 is 2.61 bits per heavy atom. The van der Waals surface area contributed by atoms with Gasteiger partial charge in [-0.15, -0.1) is 0 Å². The normalized spacial score (nSPS) is 17.8. The number of dihydropyridines is 1. The molecule has 0 aromatic rings. The topological polar surface area (TPSA) is 105 Å². The van der Waals surface area contributed by atoms with Crippen LogP contribution in [0.4, 0.5) is 0 Å². The smallest absolute Gasteiger partial charge is 0.336 e. The van der Waals surface area contributed by atoms with Gasteiger partial charge >= 0.3 is 5.97 Å². The first kappa shape index (κ1) is 19.1. The highest BCUT2D eigenvalue weighted by molar-refractivity contribution is 8.03. The van der Waals surface area contributed by atoms with Gasteiger partial charge in [0.05, 0.1) is 34.6 Å². The maximum Gasteiger partial charge on any atom is 0.336 e. The lowest BCUT2D eigenvalue weighted by Gasteiger charge is -2.29. The SMILES string of the molecule is CCOC(=O)C1=C(C)NC(SCC(N)=O)=C(C#N)C1CC(C)C. The van der Waals surface area contributed by atoms with Gasteiger partial charge < -0.3 is 15.8 Å². The third-order valence-electron chi connectivity index (χ3n) is 3.33. The minimum atomic E-state index is -0.458. The number of amides is 1. The molecule has 1 aliphatic rings. The van der Waals surface area contributed by atoms with Gasteiger partial charge in [-0.25, -0.2) is 4.79 Å². The molecule has 126 valence electrons. The number of nitriles is 1. The van der Waals surface area contributed by atoms with E-state index in [2.05, 4.69) is 11.4 Å². The van der Waals surface area contributed by atoms with Gasteiger partial charge in [-0.05, 0) is 26.2 Å². The van der Waals surface area contributed by atoms with Crippen LogP contribution in [-0.2, 0) is 14.3 Å². The zero-order valence-corrected chi connectivity index (χ0v) is 14.8. The molecule has 6 nitrogen and oxygen atoms in total. The summed E-state index contributed by atoms with van der Waals surface area (Å²) in [6.07, 6.45) is 0.649. The molecular formula is C16H23N3O3S. The number of nitrogens with zero attached hydrogens (tertiary/aromatic N) is 1. The average molecular weight is 337 g/mol. The van der Waals surface area contributed by atoms with Crippen molar-refractivity contribution in [2.24, 2.45) is 17.6 Å². The maximum absolute atomic E-state index is 12.3. The molecule has 0 saturated carbocycles. The van der Waals surface area contributed by atoms with E-state index >= 15 is 0 Å². The number of rotatable bonds is 7. The highest BCUT2D eigenvalue weighted by Gasteiger charge is 2.34. The highest BCUT2D eigenvalue weighted by atomic mass is 32.2. The van der Waals surface area contributed by atoms with Crippen molar-refractivity contribution in [2.45, 2.75) is 34.1 Å². The largest absolute Gasteiger partial charge is 0.463 e. The molecule has 0 aromatic heterocycles. The number of carbonyl (C=O) groups excluding carboxylic acids is 2. The molecule has 1 unspecified atom stereocenters. The second kappa shape index (κ2) is 8.63. The van der Waals surface area contributed by atoms with E-state index in [0.29, 0.717) is 34.2 Å². The summed E-state index contributed by atoms with van der Waals surface area (Å²) < 4.78 is 5.14. The van der Waals surface area contributed by atoms with Crippen molar-refractivity contribution in [3.8, 4) is 6.07 Å². The molecule has 0 bridgehead atoms. The Labute approximate surface area is 141 Å². The molecule has 0 aromatic carbocycles. The summed E-state index contributed by atoms with van der Waals surface area (Å²) in [4.78, 5) is 23.3. The van der Waals surface area contributed by atoms with Crippen molar-refractivity contribution in [1.29, 1.82) is 5.26 Å². The van der Waals surface area contributed by atoms with Crippen molar-refractivity contribution in [3.05, 3.63) is 21.9 Å². The van der Waals surface area contributed by atoms with Crippen molar-refractivity contribution in [2.75, 3.05) is 12.4 Å². The van der Waals surface area contributed by atoms with E-state index in [-0.39, 0.29) is 18.3 Å². The Bertz CT molecular complexity index is 588. The van der Waals surface area contributed by atoms with E-state index < -0.39 is 11.9 Å². The fraction of sp³-hybridized carbons (Fsp3) is 0.562. The Hall–Kier alpha value is -1.94. The summed E-state index contributed by atoms with van der Waals surface area (Å²) in [6.45, 7) is 7.87. The van der Waals surface area contributed by atoms with Crippen LogP contribution >= 0.6 is 11.8 Å². The Morgan fingerprint density at radius 1 is 1.48 bits per heavy atom. The molecule has 0 radical (unpaired) electrons. The van der Waals surface area contributed by atoms with Crippen LogP contribution in [0.5, 0.6) is 0 Å². The van der Waals surface area contributed by atoms with Gasteiger partial charge in [-0.3, -0.25) is 4.79 Å². The summed E-state index contributed by atoms with van der Waals surface area (Å²) in [6, 6.07) is 2.18. The molecule has 0 fully saturated rings. The van der Waals surface area contributed by atoms with Crippen molar-refractivity contribution in [1.82, 2.24) is 5.32 Å². The second-order valence-corrected chi connectivity index (χ2v) is 6.66. The molecule has 1 amide bonds. The van der Waals surface area contributed by atoms with E-state index in [1.807, 2.05) is 13.8 Å². The molecule has 0 aliphatic carbocycles. The predicted molar refractivity (Wildman–Crippen MR) is 89.7 cm³/mol. The minimum Gasteiger partial charge on any atom is -0.463 e. The van der Waals surface area contributed by atoms with Crippen molar-refractivity contribution < 1.29 is 14.3 Å². The molecule has 1 atom stereocenters. The van der Waals surface area contributed by atoms with Gasteiger partial charge in [0.2, 0.25) is 5.91 Å².